The highest BCUT2D eigenvalue weighted by molar-refractivity contribution is 5.77. The van der Waals surface area contributed by atoms with Crippen molar-refractivity contribution in [3.8, 4) is 5.75 Å². The van der Waals surface area contributed by atoms with Gasteiger partial charge < -0.3 is 14.8 Å². The number of hydrogen-bond donors (Lipinski definition) is 1. The molecule has 1 aliphatic heterocycles. The van der Waals surface area contributed by atoms with E-state index in [2.05, 4.69) is 35.3 Å². The van der Waals surface area contributed by atoms with Crippen molar-refractivity contribution in [3.05, 3.63) is 29.8 Å². The number of likely N-dealkylation sites (tertiary alicyclic amines) is 1. The van der Waals surface area contributed by atoms with Gasteiger partial charge in [0.1, 0.15) is 12.4 Å². The van der Waals surface area contributed by atoms with Gasteiger partial charge >= 0.3 is 0 Å². The molecule has 0 spiro atoms. The molecule has 25 heavy (non-hydrogen) atoms. The Morgan fingerprint density at radius 2 is 2.08 bits per heavy atom. The summed E-state index contributed by atoms with van der Waals surface area (Å²) in [5.41, 5.74) is 1.34. The van der Waals surface area contributed by atoms with Crippen LogP contribution in [-0.4, -0.2) is 50.8 Å². The largest absolute Gasteiger partial charge is 0.494 e. The average molecular weight is 348 g/mol. The molecule has 2 rings (SSSR count). The molecule has 5 heteroatoms. The van der Waals surface area contributed by atoms with Crippen LogP contribution in [0.15, 0.2) is 24.3 Å². The third-order valence-corrected chi connectivity index (χ3v) is 4.65. The molecule has 140 valence electrons. The third-order valence-electron chi connectivity index (χ3n) is 4.65. The zero-order valence-electron chi connectivity index (χ0n) is 15.6. The second-order valence-electron chi connectivity index (χ2n) is 6.58. The second kappa shape index (κ2) is 11.1. The maximum absolute atomic E-state index is 11.3. The molecule has 0 aliphatic carbocycles. The standard InChI is InChI=1S/C20H32N2O3/c1-3-19(22-12-5-4-6-13-22)17-9-7-10-18(15-17)25-14-8-11-21-20(23)16-24-2/h7,9-10,15,19H,3-6,8,11-14,16H2,1-2H3,(H,21,23). The summed E-state index contributed by atoms with van der Waals surface area (Å²) >= 11 is 0. The number of piperidine rings is 1. The summed E-state index contributed by atoms with van der Waals surface area (Å²) in [4.78, 5) is 13.9. The predicted octanol–water partition coefficient (Wildman–Crippen LogP) is 3.16. The van der Waals surface area contributed by atoms with E-state index >= 15 is 0 Å². The molecule has 0 bridgehead atoms. The van der Waals surface area contributed by atoms with E-state index in [4.69, 9.17) is 9.47 Å². The van der Waals surface area contributed by atoms with E-state index in [0.717, 1.165) is 18.6 Å². The van der Waals surface area contributed by atoms with Gasteiger partial charge in [-0.1, -0.05) is 25.5 Å². The van der Waals surface area contributed by atoms with Crippen LogP contribution < -0.4 is 10.1 Å². The molecule has 0 saturated carbocycles. The molecule has 1 fully saturated rings. The number of nitrogens with one attached hydrogen (secondary N) is 1. The van der Waals surface area contributed by atoms with Crippen molar-refractivity contribution in [1.82, 2.24) is 10.2 Å². The number of hydrogen-bond acceptors (Lipinski definition) is 4. The van der Waals surface area contributed by atoms with E-state index in [1.807, 2.05) is 6.07 Å². The fourth-order valence-corrected chi connectivity index (χ4v) is 3.42. The number of carbonyl (C=O) groups is 1. The van der Waals surface area contributed by atoms with Gasteiger partial charge in [-0.25, -0.2) is 0 Å². The second-order valence-corrected chi connectivity index (χ2v) is 6.58. The molecule has 0 radical (unpaired) electrons. The van der Waals surface area contributed by atoms with Crippen molar-refractivity contribution >= 4 is 5.91 Å². The lowest BCUT2D eigenvalue weighted by Crippen LogP contribution is -2.33. The predicted molar refractivity (Wildman–Crippen MR) is 99.9 cm³/mol. The van der Waals surface area contributed by atoms with Crippen LogP contribution >= 0.6 is 0 Å². The fraction of sp³-hybridized carbons (Fsp3) is 0.650. The highest BCUT2D eigenvalue weighted by Crippen LogP contribution is 2.29. The van der Waals surface area contributed by atoms with Crippen LogP contribution in [0.5, 0.6) is 5.75 Å². The minimum atomic E-state index is -0.0863. The average Bonchev–Trinajstić information content (AvgIpc) is 2.64. The Hall–Kier alpha value is -1.59. The summed E-state index contributed by atoms with van der Waals surface area (Å²) in [6.07, 6.45) is 5.87. The highest BCUT2D eigenvalue weighted by Gasteiger charge is 2.20. The lowest BCUT2D eigenvalue weighted by Gasteiger charge is -2.34. The lowest BCUT2D eigenvalue weighted by atomic mass is 9.99. The van der Waals surface area contributed by atoms with E-state index in [1.54, 1.807) is 0 Å². The van der Waals surface area contributed by atoms with Gasteiger partial charge in [0.15, 0.2) is 0 Å². The Balaban J connectivity index is 1.80. The summed E-state index contributed by atoms with van der Waals surface area (Å²) in [5, 5.41) is 2.80. The number of benzene rings is 1. The van der Waals surface area contributed by atoms with Gasteiger partial charge in [0.2, 0.25) is 5.91 Å². The summed E-state index contributed by atoms with van der Waals surface area (Å²) < 4.78 is 10.6. The van der Waals surface area contributed by atoms with E-state index in [9.17, 15) is 4.79 Å². The van der Waals surface area contributed by atoms with E-state index in [1.165, 1.54) is 45.0 Å². The first-order chi connectivity index (χ1) is 12.2. The Bertz CT molecular complexity index is 515. The van der Waals surface area contributed by atoms with Gasteiger partial charge in [-0.3, -0.25) is 9.69 Å². The Kier molecular flexibility index (Phi) is 8.77. The minimum absolute atomic E-state index is 0.0863. The minimum Gasteiger partial charge on any atom is -0.494 e. The third kappa shape index (κ3) is 6.67. The van der Waals surface area contributed by atoms with E-state index in [0.29, 0.717) is 19.2 Å². The summed E-state index contributed by atoms with van der Waals surface area (Å²) in [6, 6.07) is 8.96. The molecule has 1 aromatic rings. The van der Waals surface area contributed by atoms with Crippen molar-refractivity contribution < 1.29 is 14.3 Å². The molecule has 1 unspecified atom stereocenters. The van der Waals surface area contributed by atoms with Gasteiger partial charge in [0, 0.05) is 19.7 Å². The highest BCUT2D eigenvalue weighted by atomic mass is 16.5. The van der Waals surface area contributed by atoms with Crippen LogP contribution in [0, 0.1) is 0 Å². The van der Waals surface area contributed by atoms with Crippen LogP contribution in [0.2, 0.25) is 0 Å². The Morgan fingerprint density at radius 1 is 1.28 bits per heavy atom. The lowest BCUT2D eigenvalue weighted by molar-refractivity contribution is -0.124. The van der Waals surface area contributed by atoms with Gasteiger partial charge in [0.25, 0.3) is 0 Å². The van der Waals surface area contributed by atoms with Gasteiger partial charge in [0.05, 0.1) is 6.61 Å². The molecule has 1 aromatic carbocycles. The van der Waals surface area contributed by atoms with Crippen LogP contribution in [-0.2, 0) is 9.53 Å². The van der Waals surface area contributed by atoms with Crippen LogP contribution in [0.4, 0.5) is 0 Å². The van der Waals surface area contributed by atoms with Gasteiger partial charge in [-0.15, -0.1) is 0 Å². The first-order valence-electron chi connectivity index (χ1n) is 9.47. The monoisotopic (exact) mass is 348 g/mol. The first kappa shape index (κ1) is 19.7. The quantitative estimate of drug-likeness (QED) is 0.660. The maximum atomic E-state index is 11.3. The number of nitrogens with zero attached hydrogens (tertiary/aromatic N) is 1. The molecular weight excluding hydrogens is 316 g/mol. The number of ether oxygens (including phenoxy) is 2. The molecular formula is C20H32N2O3. The zero-order chi connectivity index (χ0) is 17.9. The molecule has 1 amide bonds. The normalized spacial score (nSPS) is 16.4. The van der Waals surface area contributed by atoms with Crippen LogP contribution in [0.25, 0.3) is 0 Å². The number of carbonyl (C=O) groups excluding carboxylic acids is 1. The van der Waals surface area contributed by atoms with Gasteiger partial charge in [-0.2, -0.15) is 0 Å². The smallest absolute Gasteiger partial charge is 0.245 e. The number of rotatable bonds is 10. The van der Waals surface area contributed by atoms with E-state index < -0.39 is 0 Å². The van der Waals surface area contributed by atoms with Crippen LogP contribution in [0.1, 0.15) is 50.6 Å². The molecule has 1 N–H and O–H groups in total. The first-order valence-corrected chi connectivity index (χ1v) is 9.47. The summed E-state index contributed by atoms with van der Waals surface area (Å²) in [7, 11) is 1.52. The van der Waals surface area contributed by atoms with Crippen molar-refractivity contribution in [3.63, 3.8) is 0 Å². The Morgan fingerprint density at radius 3 is 2.80 bits per heavy atom. The SMILES string of the molecule is CCC(c1cccc(OCCCNC(=O)COC)c1)N1CCCCC1. The van der Waals surface area contributed by atoms with Crippen molar-refractivity contribution in [2.24, 2.45) is 0 Å². The molecule has 0 aromatic heterocycles. The Labute approximate surface area is 151 Å². The van der Waals surface area contributed by atoms with Crippen molar-refractivity contribution in [2.45, 2.75) is 45.1 Å². The molecule has 1 heterocycles. The fourth-order valence-electron chi connectivity index (χ4n) is 3.42. The molecule has 1 aliphatic rings. The maximum Gasteiger partial charge on any atom is 0.245 e. The molecule has 1 atom stereocenters. The summed E-state index contributed by atoms with van der Waals surface area (Å²) in [6.45, 7) is 5.97. The van der Waals surface area contributed by atoms with Crippen molar-refractivity contribution in [2.75, 3.05) is 40.0 Å². The number of amides is 1. The zero-order valence-corrected chi connectivity index (χ0v) is 15.6. The van der Waals surface area contributed by atoms with E-state index in [-0.39, 0.29) is 12.5 Å². The molecule has 5 nitrogen and oxygen atoms in total. The van der Waals surface area contributed by atoms with Crippen molar-refractivity contribution in [1.29, 1.82) is 0 Å². The van der Waals surface area contributed by atoms with Crippen LogP contribution in [0.3, 0.4) is 0 Å². The number of methoxy groups -OCH3 is 1. The van der Waals surface area contributed by atoms with Gasteiger partial charge in [-0.05, 0) is 56.5 Å². The molecule has 1 saturated heterocycles. The topological polar surface area (TPSA) is 50.8 Å². The summed E-state index contributed by atoms with van der Waals surface area (Å²) in [5.74, 6) is 0.827.